The molecule has 0 amide bonds. The van der Waals surface area contributed by atoms with Crippen molar-refractivity contribution in [3.63, 3.8) is 0 Å². The lowest BCUT2D eigenvalue weighted by Crippen LogP contribution is -1.88. The molecule has 0 rings (SSSR count). The van der Waals surface area contributed by atoms with E-state index in [1.54, 1.807) is 0 Å². The highest BCUT2D eigenvalue weighted by Crippen LogP contribution is 1.88. The molecular formula is C2H3F3. The van der Waals surface area contributed by atoms with Gasteiger partial charge >= 0.3 is 0 Å². The Morgan fingerprint density at radius 1 is 1.40 bits per heavy atom. The minimum atomic E-state index is -2.78. The molecule has 0 aromatic rings. The molecule has 5 heavy (non-hydrogen) atoms. The molecular weight excluding hydrogens is 81.0 g/mol. The SMILES string of the molecule is FCC(F)F. The summed E-state index contributed by atoms with van der Waals surface area (Å²) in [5, 5.41) is 0. The van der Waals surface area contributed by atoms with E-state index in [1.165, 1.54) is 0 Å². The maximum absolute atomic E-state index is 10.4. The maximum Gasteiger partial charge on any atom is 0.266 e. The highest BCUT2D eigenvalue weighted by Gasteiger charge is 1.95. The molecule has 3 heteroatoms. The van der Waals surface area contributed by atoms with Crippen LogP contribution in [0.15, 0.2) is 0 Å². The van der Waals surface area contributed by atoms with Crippen molar-refractivity contribution in [2.24, 2.45) is 0 Å². The first-order chi connectivity index (χ1) is 2.27. The van der Waals surface area contributed by atoms with E-state index in [9.17, 15) is 13.2 Å². The standard InChI is InChI=1S/C2H3F3/c3-1-2(4)5/h2H,1H2. The Balaban J connectivity index is 2.54. The predicted octanol–water partition coefficient (Wildman–Crippen LogP) is 1.22. The third-order valence-electron chi connectivity index (χ3n) is 0.117. The monoisotopic (exact) mass is 84.0 g/mol. The molecule has 0 aromatic carbocycles. The van der Waals surface area contributed by atoms with Crippen molar-refractivity contribution in [3.05, 3.63) is 0 Å². The summed E-state index contributed by atoms with van der Waals surface area (Å²) in [6, 6.07) is 0. The zero-order chi connectivity index (χ0) is 4.28. The zero-order valence-corrected chi connectivity index (χ0v) is 2.42. The van der Waals surface area contributed by atoms with Crippen LogP contribution in [-0.4, -0.2) is 13.1 Å². The Kier molecular flexibility index (Phi) is 1.97. The van der Waals surface area contributed by atoms with Gasteiger partial charge in [-0.15, -0.1) is 0 Å². The summed E-state index contributed by atoms with van der Waals surface area (Å²) in [7, 11) is 0. The second kappa shape index (κ2) is 2.05. The van der Waals surface area contributed by atoms with Gasteiger partial charge in [0.1, 0.15) is 0 Å². The Bertz CT molecular complexity index is 18.9. The minimum absolute atomic E-state index is 1.53. The molecule has 0 spiro atoms. The molecule has 0 atom stereocenters. The molecule has 0 aromatic heterocycles. The van der Waals surface area contributed by atoms with Crippen molar-refractivity contribution in [2.45, 2.75) is 6.43 Å². The number of alkyl halides is 3. The van der Waals surface area contributed by atoms with E-state index in [2.05, 4.69) is 0 Å². The first kappa shape index (κ1) is 4.79. The van der Waals surface area contributed by atoms with Crippen LogP contribution in [0.3, 0.4) is 0 Å². The molecule has 0 nitrogen and oxygen atoms in total. The van der Waals surface area contributed by atoms with E-state index in [0.717, 1.165) is 0 Å². The van der Waals surface area contributed by atoms with Gasteiger partial charge in [0.2, 0.25) is 0 Å². The van der Waals surface area contributed by atoms with E-state index in [-0.39, 0.29) is 0 Å². The van der Waals surface area contributed by atoms with E-state index in [4.69, 9.17) is 0 Å². The fraction of sp³-hybridized carbons (Fsp3) is 1.00. The van der Waals surface area contributed by atoms with Crippen LogP contribution in [0.1, 0.15) is 0 Å². The molecule has 0 aliphatic rings. The molecule has 0 bridgehead atoms. The van der Waals surface area contributed by atoms with Crippen LogP contribution in [0.25, 0.3) is 0 Å². The lowest BCUT2D eigenvalue weighted by molar-refractivity contribution is 0.113. The lowest BCUT2D eigenvalue weighted by Gasteiger charge is -1.78. The molecule has 32 valence electrons. The quantitative estimate of drug-likeness (QED) is 0.448. The fourth-order valence-electron chi connectivity index (χ4n) is 0. The Morgan fingerprint density at radius 2 is 1.60 bits per heavy atom. The van der Waals surface area contributed by atoms with Crippen molar-refractivity contribution in [3.8, 4) is 0 Å². The zero-order valence-electron chi connectivity index (χ0n) is 2.42. The Labute approximate surface area is 27.6 Å². The average Bonchev–Trinajstić information content (AvgIpc) is 1.38. The van der Waals surface area contributed by atoms with Gasteiger partial charge < -0.3 is 0 Å². The molecule has 0 radical (unpaired) electrons. The van der Waals surface area contributed by atoms with Crippen LogP contribution in [0.4, 0.5) is 13.2 Å². The summed E-state index contributed by atoms with van der Waals surface area (Å²) >= 11 is 0. The topological polar surface area (TPSA) is 0 Å². The molecule has 0 heterocycles. The first-order valence-electron chi connectivity index (χ1n) is 1.11. The number of rotatable bonds is 1. The third kappa shape index (κ3) is 3.79. The van der Waals surface area contributed by atoms with Gasteiger partial charge in [-0.2, -0.15) is 0 Å². The fourth-order valence-corrected chi connectivity index (χ4v) is 0. The van der Waals surface area contributed by atoms with Gasteiger partial charge in [-0.05, 0) is 0 Å². The summed E-state index contributed by atoms with van der Waals surface area (Å²) in [5.74, 6) is 0. The van der Waals surface area contributed by atoms with Crippen LogP contribution < -0.4 is 0 Å². The van der Waals surface area contributed by atoms with Gasteiger partial charge in [0.15, 0.2) is 6.67 Å². The van der Waals surface area contributed by atoms with Gasteiger partial charge in [-0.1, -0.05) is 0 Å². The van der Waals surface area contributed by atoms with Crippen molar-refractivity contribution in [1.82, 2.24) is 0 Å². The van der Waals surface area contributed by atoms with Gasteiger partial charge in [-0.3, -0.25) is 0 Å². The predicted molar refractivity (Wildman–Crippen MR) is 12.0 cm³/mol. The second-order valence-electron chi connectivity index (χ2n) is 0.545. The molecule has 0 aliphatic heterocycles. The van der Waals surface area contributed by atoms with Crippen LogP contribution in [0.2, 0.25) is 0 Å². The molecule has 0 saturated carbocycles. The van der Waals surface area contributed by atoms with Gasteiger partial charge in [0.05, 0.1) is 0 Å². The molecule has 0 fully saturated rings. The van der Waals surface area contributed by atoms with Crippen molar-refractivity contribution >= 4 is 0 Å². The third-order valence-corrected chi connectivity index (χ3v) is 0.117. The Hall–Kier alpha value is -0.210. The van der Waals surface area contributed by atoms with Crippen molar-refractivity contribution < 1.29 is 13.2 Å². The second-order valence-corrected chi connectivity index (χ2v) is 0.545. The average molecular weight is 84.0 g/mol. The van der Waals surface area contributed by atoms with E-state index in [0.29, 0.717) is 0 Å². The molecule has 0 saturated heterocycles. The van der Waals surface area contributed by atoms with Crippen LogP contribution in [-0.2, 0) is 0 Å². The van der Waals surface area contributed by atoms with Crippen LogP contribution >= 0.6 is 0 Å². The first-order valence-corrected chi connectivity index (χ1v) is 1.11. The van der Waals surface area contributed by atoms with Crippen LogP contribution in [0.5, 0.6) is 0 Å². The normalized spacial score (nSPS) is 9.60. The van der Waals surface area contributed by atoms with Gasteiger partial charge in [0.25, 0.3) is 6.43 Å². The van der Waals surface area contributed by atoms with Crippen LogP contribution in [0, 0.1) is 0 Å². The van der Waals surface area contributed by atoms with E-state index in [1.807, 2.05) is 0 Å². The smallest absolute Gasteiger partial charge is 0.245 e. The number of hydrogen-bond donors (Lipinski definition) is 0. The summed E-state index contributed by atoms with van der Waals surface area (Å²) < 4.78 is 31.1. The Morgan fingerprint density at radius 3 is 1.60 bits per heavy atom. The highest BCUT2D eigenvalue weighted by molar-refractivity contribution is 4.23. The number of halogens is 3. The highest BCUT2D eigenvalue weighted by atomic mass is 19.3. The van der Waals surface area contributed by atoms with Crippen molar-refractivity contribution in [2.75, 3.05) is 6.67 Å². The van der Waals surface area contributed by atoms with Gasteiger partial charge in [0, 0.05) is 0 Å². The van der Waals surface area contributed by atoms with Gasteiger partial charge in [-0.25, -0.2) is 13.2 Å². The molecule has 0 N–H and O–H groups in total. The summed E-state index contributed by atoms with van der Waals surface area (Å²) in [6.45, 7) is -1.53. The largest absolute Gasteiger partial charge is 0.266 e. The molecule has 0 unspecified atom stereocenters. The maximum atomic E-state index is 10.4. The molecule has 0 aliphatic carbocycles. The summed E-state index contributed by atoms with van der Waals surface area (Å²) in [5.41, 5.74) is 0. The minimum Gasteiger partial charge on any atom is -0.245 e. The number of hydrogen-bond acceptors (Lipinski definition) is 0. The van der Waals surface area contributed by atoms with E-state index >= 15 is 0 Å². The summed E-state index contributed by atoms with van der Waals surface area (Å²) in [4.78, 5) is 0. The lowest BCUT2D eigenvalue weighted by atomic mass is 10.8. The summed E-state index contributed by atoms with van der Waals surface area (Å²) in [6.07, 6.45) is -2.78. The van der Waals surface area contributed by atoms with E-state index < -0.39 is 13.1 Å². The van der Waals surface area contributed by atoms with Crippen molar-refractivity contribution in [1.29, 1.82) is 0 Å².